The molecule has 0 radical (unpaired) electrons. The second kappa shape index (κ2) is 8.09. The second-order valence-electron chi connectivity index (χ2n) is 5.65. The number of para-hydroxylation sites is 1. The van der Waals surface area contributed by atoms with Gasteiger partial charge in [-0.3, -0.25) is 9.59 Å². The summed E-state index contributed by atoms with van der Waals surface area (Å²) in [7, 11) is 1.58. The van der Waals surface area contributed by atoms with E-state index in [-0.39, 0.29) is 18.4 Å². The summed E-state index contributed by atoms with van der Waals surface area (Å²) in [6.45, 7) is 1.33. The van der Waals surface area contributed by atoms with E-state index >= 15 is 0 Å². The Morgan fingerprint density at radius 2 is 1.81 bits per heavy atom. The molecule has 0 atom stereocenters. The zero-order valence-electron chi connectivity index (χ0n) is 14.8. The maximum absolute atomic E-state index is 12.2. The highest BCUT2D eigenvalue weighted by Gasteiger charge is 2.13. The third-order valence-electron chi connectivity index (χ3n) is 3.59. The summed E-state index contributed by atoms with van der Waals surface area (Å²) in [5.41, 5.74) is 1.83. The first-order valence-electron chi connectivity index (χ1n) is 8.14. The summed E-state index contributed by atoms with van der Waals surface area (Å²) in [5.74, 6) is 0.526. The number of anilines is 2. The van der Waals surface area contributed by atoms with Crippen LogP contribution in [-0.2, 0) is 16.1 Å². The van der Waals surface area contributed by atoms with Crippen molar-refractivity contribution in [2.24, 2.45) is 0 Å². The topological polar surface area (TPSA) is 111 Å². The van der Waals surface area contributed by atoms with Crippen molar-refractivity contribution in [3.63, 3.8) is 0 Å². The van der Waals surface area contributed by atoms with Gasteiger partial charge < -0.3 is 15.4 Å². The van der Waals surface area contributed by atoms with Crippen LogP contribution in [0.2, 0.25) is 0 Å². The number of rotatable bonds is 6. The quantitative estimate of drug-likeness (QED) is 0.690. The molecule has 0 aliphatic rings. The summed E-state index contributed by atoms with van der Waals surface area (Å²) in [4.78, 5) is 24.7. The van der Waals surface area contributed by atoms with Gasteiger partial charge >= 0.3 is 0 Å². The van der Waals surface area contributed by atoms with Gasteiger partial charge in [0.15, 0.2) is 0 Å². The Hall–Kier alpha value is -3.75. The number of carbonyl (C=O) groups is 2. The van der Waals surface area contributed by atoms with Crippen LogP contribution >= 0.6 is 0 Å². The van der Waals surface area contributed by atoms with Gasteiger partial charge in [0.1, 0.15) is 12.3 Å². The lowest BCUT2D eigenvalue weighted by molar-refractivity contribution is -0.117. The second-order valence-corrected chi connectivity index (χ2v) is 5.65. The molecule has 3 aromatic rings. The van der Waals surface area contributed by atoms with E-state index < -0.39 is 0 Å². The average molecular weight is 366 g/mol. The lowest BCUT2D eigenvalue weighted by atomic mass is 10.1. The van der Waals surface area contributed by atoms with Crippen molar-refractivity contribution >= 4 is 23.2 Å². The van der Waals surface area contributed by atoms with E-state index in [2.05, 4.69) is 26.0 Å². The molecule has 3 rings (SSSR count). The number of methoxy groups -OCH3 is 1. The highest BCUT2D eigenvalue weighted by atomic mass is 16.5. The third-order valence-corrected chi connectivity index (χ3v) is 3.59. The number of carbonyl (C=O) groups excluding carboxylic acids is 2. The van der Waals surface area contributed by atoms with Gasteiger partial charge in [-0.05, 0) is 41.6 Å². The summed E-state index contributed by atoms with van der Waals surface area (Å²) in [5, 5.41) is 17.6. The molecule has 0 aliphatic heterocycles. The first-order valence-corrected chi connectivity index (χ1v) is 8.14. The van der Waals surface area contributed by atoms with Crippen LogP contribution in [0.5, 0.6) is 5.75 Å². The van der Waals surface area contributed by atoms with Crippen LogP contribution in [0.3, 0.4) is 0 Å². The normalized spacial score (nSPS) is 10.3. The Balaban J connectivity index is 1.69. The number of hydrogen-bond donors (Lipinski definition) is 2. The molecule has 0 fully saturated rings. The highest BCUT2D eigenvalue weighted by Crippen LogP contribution is 2.24. The summed E-state index contributed by atoms with van der Waals surface area (Å²) >= 11 is 0. The van der Waals surface area contributed by atoms with Gasteiger partial charge in [0.25, 0.3) is 0 Å². The minimum Gasteiger partial charge on any atom is -0.497 e. The predicted octanol–water partition coefficient (Wildman–Crippen LogP) is 1.95. The van der Waals surface area contributed by atoms with Crippen LogP contribution in [0.4, 0.5) is 11.4 Å². The largest absolute Gasteiger partial charge is 0.497 e. The molecule has 9 heteroatoms. The van der Waals surface area contributed by atoms with Crippen molar-refractivity contribution in [1.82, 2.24) is 20.2 Å². The molecule has 0 saturated carbocycles. The minimum absolute atomic E-state index is 0.0959. The Bertz CT molecular complexity index is 952. The van der Waals surface area contributed by atoms with E-state index in [0.717, 1.165) is 0 Å². The third kappa shape index (κ3) is 4.66. The zero-order chi connectivity index (χ0) is 19.2. The number of nitrogens with one attached hydrogen (secondary N) is 2. The highest BCUT2D eigenvalue weighted by molar-refractivity contribution is 5.93. The zero-order valence-corrected chi connectivity index (χ0v) is 14.8. The lowest BCUT2D eigenvalue weighted by Gasteiger charge is -2.06. The number of hydrogen-bond acceptors (Lipinski definition) is 6. The molecule has 0 aliphatic carbocycles. The molecule has 0 unspecified atom stereocenters. The van der Waals surface area contributed by atoms with Gasteiger partial charge in [0.05, 0.1) is 12.8 Å². The molecular weight excluding hydrogens is 348 g/mol. The first-order chi connectivity index (χ1) is 13.0. The molecule has 0 saturated heterocycles. The summed E-state index contributed by atoms with van der Waals surface area (Å²) in [6, 6.07) is 14.1. The molecule has 1 aromatic heterocycles. The standard InChI is InChI=1S/C18H18N6O3/c1-12(25)19-16-6-4-3-5-15(16)18-21-23-24(22-18)11-17(26)20-13-7-9-14(27-2)10-8-13/h3-10H,11H2,1-2H3,(H,19,25)(H,20,26). The van der Waals surface area contributed by atoms with E-state index in [4.69, 9.17) is 4.74 Å². The molecule has 1 heterocycles. The van der Waals surface area contributed by atoms with Gasteiger partial charge in [0.2, 0.25) is 17.6 Å². The van der Waals surface area contributed by atoms with Crippen LogP contribution in [0.1, 0.15) is 6.92 Å². The minimum atomic E-state index is -0.292. The molecule has 0 spiro atoms. The van der Waals surface area contributed by atoms with E-state index in [0.29, 0.717) is 28.5 Å². The number of tetrazole rings is 1. The van der Waals surface area contributed by atoms with E-state index in [1.54, 1.807) is 55.6 Å². The number of aromatic nitrogens is 4. The van der Waals surface area contributed by atoms with Crippen LogP contribution in [0, 0.1) is 0 Å². The fraction of sp³-hybridized carbons (Fsp3) is 0.167. The van der Waals surface area contributed by atoms with E-state index in [1.165, 1.54) is 11.7 Å². The maximum Gasteiger partial charge on any atom is 0.248 e. The number of amides is 2. The van der Waals surface area contributed by atoms with Crippen molar-refractivity contribution in [2.45, 2.75) is 13.5 Å². The van der Waals surface area contributed by atoms with Crippen molar-refractivity contribution in [3.8, 4) is 17.1 Å². The monoisotopic (exact) mass is 366 g/mol. The van der Waals surface area contributed by atoms with Crippen LogP contribution < -0.4 is 15.4 Å². The van der Waals surface area contributed by atoms with Crippen LogP contribution in [-0.4, -0.2) is 39.1 Å². The number of benzene rings is 2. The van der Waals surface area contributed by atoms with E-state index in [9.17, 15) is 9.59 Å². The molecule has 2 aromatic carbocycles. The lowest BCUT2D eigenvalue weighted by Crippen LogP contribution is -2.20. The number of nitrogens with zero attached hydrogens (tertiary/aromatic N) is 4. The van der Waals surface area contributed by atoms with Crippen molar-refractivity contribution in [3.05, 3.63) is 48.5 Å². The Kier molecular flexibility index (Phi) is 5.41. The molecule has 138 valence electrons. The summed E-state index contributed by atoms with van der Waals surface area (Å²) < 4.78 is 5.08. The van der Waals surface area contributed by atoms with Gasteiger partial charge in [-0.1, -0.05) is 12.1 Å². The van der Waals surface area contributed by atoms with Crippen molar-refractivity contribution < 1.29 is 14.3 Å². The SMILES string of the molecule is COc1ccc(NC(=O)Cn2nnc(-c3ccccc3NC(C)=O)n2)cc1. The first kappa shape index (κ1) is 18.1. The molecular formula is C18H18N6O3. The molecule has 2 N–H and O–H groups in total. The fourth-order valence-corrected chi connectivity index (χ4v) is 2.40. The fourth-order valence-electron chi connectivity index (χ4n) is 2.40. The average Bonchev–Trinajstić information content (AvgIpc) is 3.10. The summed E-state index contributed by atoms with van der Waals surface area (Å²) in [6.07, 6.45) is 0. The van der Waals surface area contributed by atoms with Crippen LogP contribution in [0.15, 0.2) is 48.5 Å². The Labute approximate surface area is 155 Å². The number of ether oxygens (including phenoxy) is 1. The Morgan fingerprint density at radius 1 is 1.07 bits per heavy atom. The van der Waals surface area contributed by atoms with Gasteiger partial charge in [-0.2, -0.15) is 4.80 Å². The molecule has 0 bridgehead atoms. The van der Waals surface area contributed by atoms with Crippen molar-refractivity contribution in [1.29, 1.82) is 0 Å². The van der Waals surface area contributed by atoms with Crippen molar-refractivity contribution in [2.75, 3.05) is 17.7 Å². The smallest absolute Gasteiger partial charge is 0.248 e. The predicted molar refractivity (Wildman–Crippen MR) is 99.2 cm³/mol. The van der Waals surface area contributed by atoms with Crippen LogP contribution in [0.25, 0.3) is 11.4 Å². The van der Waals surface area contributed by atoms with Gasteiger partial charge in [0, 0.05) is 18.2 Å². The van der Waals surface area contributed by atoms with Gasteiger partial charge in [-0.15, -0.1) is 10.2 Å². The molecule has 27 heavy (non-hydrogen) atoms. The Morgan fingerprint density at radius 3 is 2.52 bits per heavy atom. The van der Waals surface area contributed by atoms with E-state index in [1.807, 2.05) is 0 Å². The maximum atomic E-state index is 12.2. The van der Waals surface area contributed by atoms with Gasteiger partial charge in [-0.25, -0.2) is 0 Å². The molecule has 2 amide bonds. The molecule has 9 nitrogen and oxygen atoms in total.